The number of methoxy groups -OCH3 is 1. The van der Waals surface area contributed by atoms with Gasteiger partial charge in [-0.3, -0.25) is 0 Å². The van der Waals surface area contributed by atoms with Gasteiger partial charge in [0.1, 0.15) is 28.8 Å². The monoisotopic (exact) mass is 361 g/mol. The molecule has 1 aliphatic heterocycles. The van der Waals surface area contributed by atoms with Gasteiger partial charge in [0, 0.05) is 28.8 Å². The summed E-state index contributed by atoms with van der Waals surface area (Å²) in [5.74, 6) is 0.0178. The first kappa shape index (κ1) is 15.9. The summed E-state index contributed by atoms with van der Waals surface area (Å²) in [7, 11) is 1.57. The Morgan fingerprint density at radius 1 is 1.20 bits per heavy atom. The predicted octanol–water partition coefficient (Wildman–Crippen LogP) is 4.45. The minimum atomic E-state index is -0.677. The lowest BCUT2D eigenvalue weighted by molar-refractivity contribution is 0.416. The summed E-state index contributed by atoms with van der Waals surface area (Å²) >= 11 is 6.13. The molecule has 2 aromatic carbocycles. The van der Waals surface area contributed by atoms with Gasteiger partial charge < -0.3 is 10.1 Å². The zero-order valence-corrected chi connectivity index (χ0v) is 14.1. The molecule has 4 nitrogen and oxygen atoms in total. The highest BCUT2D eigenvalue weighted by atomic mass is 35.5. The fraction of sp³-hybridized carbons (Fsp3) is 0.167. The number of ether oxygens (including phenoxy) is 1. The van der Waals surface area contributed by atoms with E-state index in [0.29, 0.717) is 28.8 Å². The fourth-order valence-electron chi connectivity index (χ4n) is 3.08. The minimum Gasteiger partial charge on any atom is -0.496 e. The third-order valence-electron chi connectivity index (χ3n) is 4.21. The third-order valence-corrected chi connectivity index (χ3v) is 4.44. The number of hydrogen-bond donors (Lipinski definition) is 1. The maximum absolute atomic E-state index is 14.3. The number of nitrogens with zero attached hydrogens (tertiary/aromatic N) is 2. The van der Waals surface area contributed by atoms with Gasteiger partial charge in [-0.15, -0.1) is 0 Å². The number of halogens is 3. The van der Waals surface area contributed by atoms with Crippen molar-refractivity contribution in [3.05, 3.63) is 58.6 Å². The molecule has 0 saturated heterocycles. The summed E-state index contributed by atoms with van der Waals surface area (Å²) in [5, 5.41) is 8.34. The third kappa shape index (κ3) is 2.62. The van der Waals surface area contributed by atoms with Crippen LogP contribution in [-0.2, 0) is 6.42 Å². The summed E-state index contributed by atoms with van der Waals surface area (Å²) in [6, 6.07) is 8.70. The van der Waals surface area contributed by atoms with Crippen molar-refractivity contribution in [2.75, 3.05) is 19.0 Å². The molecular formula is C18H14ClF2N3O. The van der Waals surface area contributed by atoms with Crippen LogP contribution in [0.15, 0.2) is 36.4 Å². The molecule has 1 aromatic heterocycles. The SMILES string of the molecule is COc1ccc(Cl)cc1-c1nn(-c2ccc(F)cc2F)c2c1CCN2. The maximum atomic E-state index is 14.3. The first-order valence-corrected chi connectivity index (χ1v) is 8.11. The van der Waals surface area contributed by atoms with Crippen molar-refractivity contribution in [2.45, 2.75) is 6.42 Å². The van der Waals surface area contributed by atoms with Gasteiger partial charge in [-0.25, -0.2) is 13.5 Å². The number of benzene rings is 2. The van der Waals surface area contributed by atoms with E-state index in [1.54, 1.807) is 25.3 Å². The summed E-state index contributed by atoms with van der Waals surface area (Å²) in [6.07, 6.45) is 0.739. The Kier molecular flexibility index (Phi) is 3.84. The highest BCUT2D eigenvalue weighted by Gasteiger charge is 2.26. The summed E-state index contributed by atoms with van der Waals surface area (Å²) in [4.78, 5) is 0. The van der Waals surface area contributed by atoms with E-state index in [0.717, 1.165) is 23.6 Å². The lowest BCUT2D eigenvalue weighted by Gasteiger charge is -2.09. The molecule has 1 aliphatic rings. The normalized spacial score (nSPS) is 12.8. The Labute approximate surface area is 148 Å². The number of fused-ring (bicyclic) bond motifs is 1. The first-order chi connectivity index (χ1) is 12.1. The highest BCUT2D eigenvalue weighted by Crippen LogP contribution is 2.39. The number of nitrogens with one attached hydrogen (secondary N) is 1. The molecule has 0 amide bonds. The second-order valence-electron chi connectivity index (χ2n) is 5.70. The summed E-state index contributed by atoms with van der Waals surface area (Å²) in [5.41, 5.74) is 2.53. The quantitative estimate of drug-likeness (QED) is 0.749. The fourth-order valence-corrected chi connectivity index (χ4v) is 3.26. The van der Waals surface area contributed by atoms with E-state index < -0.39 is 11.6 Å². The number of anilines is 1. The Morgan fingerprint density at radius 2 is 2.04 bits per heavy atom. The molecule has 128 valence electrons. The molecule has 1 N–H and O–H groups in total. The van der Waals surface area contributed by atoms with Gasteiger partial charge in [0.25, 0.3) is 0 Å². The van der Waals surface area contributed by atoms with Crippen molar-refractivity contribution < 1.29 is 13.5 Å². The average Bonchev–Trinajstić information content (AvgIpc) is 3.18. The van der Waals surface area contributed by atoms with Crippen LogP contribution in [0.5, 0.6) is 5.75 Å². The predicted molar refractivity (Wildman–Crippen MR) is 92.7 cm³/mol. The van der Waals surface area contributed by atoms with Gasteiger partial charge in [0.2, 0.25) is 0 Å². The summed E-state index contributed by atoms with van der Waals surface area (Å²) < 4.78 is 34.4. The molecular weight excluding hydrogens is 348 g/mol. The Morgan fingerprint density at radius 3 is 2.80 bits per heavy atom. The highest BCUT2D eigenvalue weighted by molar-refractivity contribution is 6.31. The molecule has 2 heterocycles. The van der Waals surface area contributed by atoms with Crippen molar-refractivity contribution in [1.82, 2.24) is 9.78 Å². The molecule has 3 aromatic rings. The van der Waals surface area contributed by atoms with Gasteiger partial charge >= 0.3 is 0 Å². The Hall–Kier alpha value is -2.60. The van der Waals surface area contributed by atoms with E-state index in [4.69, 9.17) is 16.3 Å². The van der Waals surface area contributed by atoms with E-state index >= 15 is 0 Å². The standard InChI is InChI=1S/C18H14ClF2N3O/c1-25-16-5-2-10(19)8-13(16)17-12-6-7-22-18(12)24(23-17)15-4-3-11(20)9-14(15)21/h2-5,8-9,22H,6-7H2,1H3. The minimum absolute atomic E-state index is 0.180. The number of aromatic nitrogens is 2. The van der Waals surface area contributed by atoms with Crippen molar-refractivity contribution in [1.29, 1.82) is 0 Å². The van der Waals surface area contributed by atoms with E-state index in [2.05, 4.69) is 10.4 Å². The average molecular weight is 362 g/mol. The van der Waals surface area contributed by atoms with Crippen LogP contribution in [0.25, 0.3) is 16.9 Å². The van der Waals surface area contributed by atoms with Crippen LogP contribution >= 0.6 is 11.6 Å². The molecule has 0 saturated carbocycles. The van der Waals surface area contributed by atoms with E-state index in [1.165, 1.54) is 16.8 Å². The van der Waals surface area contributed by atoms with Crippen molar-refractivity contribution >= 4 is 17.4 Å². The zero-order valence-electron chi connectivity index (χ0n) is 13.3. The molecule has 0 bridgehead atoms. The van der Waals surface area contributed by atoms with Crippen LogP contribution in [0, 0.1) is 11.6 Å². The lowest BCUT2D eigenvalue weighted by atomic mass is 10.1. The Bertz CT molecular complexity index is 971. The van der Waals surface area contributed by atoms with Crippen molar-refractivity contribution in [2.24, 2.45) is 0 Å². The van der Waals surface area contributed by atoms with Crippen LogP contribution in [0.2, 0.25) is 5.02 Å². The van der Waals surface area contributed by atoms with Crippen molar-refractivity contribution in [3.8, 4) is 22.7 Å². The molecule has 4 rings (SSSR count). The molecule has 7 heteroatoms. The molecule has 0 atom stereocenters. The van der Waals surface area contributed by atoms with Crippen LogP contribution in [0.4, 0.5) is 14.6 Å². The van der Waals surface area contributed by atoms with Crippen LogP contribution in [0.1, 0.15) is 5.56 Å². The molecule has 0 aliphatic carbocycles. The molecule has 0 spiro atoms. The van der Waals surface area contributed by atoms with Crippen LogP contribution in [-0.4, -0.2) is 23.4 Å². The van der Waals surface area contributed by atoms with E-state index in [1.807, 2.05) is 0 Å². The maximum Gasteiger partial charge on any atom is 0.151 e. The molecule has 0 fully saturated rings. The number of rotatable bonds is 3. The first-order valence-electron chi connectivity index (χ1n) is 7.73. The lowest BCUT2D eigenvalue weighted by Crippen LogP contribution is -2.06. The molecule has 25 heavy (non-hydrogen) atoms. The van der Waals surface area contributed by atoms with Gasteiger partial charge in [0.15, 0.2) is 5.82 Å². The Balaban J connectivity index is 1.94. The zero-order chi connectivity index (χ0) is 17.6. The van der Waals surface area contributed by atoms with Gasteiger partial charge in [0.05, 0.1) is 7.11 Å². The van der Waals surface area contributed by atoms with Gasteiger partial charge in [-0.2, -0.15) is 5.10 Å². The van der Waals surface area contributed by atoms with Gasteiger partial charge in [-0.05, 0) is 36.8 Å². The second kappa shape index (κ2) is 6.04. The number of hydrogen-bond acceptors (Lipinski definition) is 3. The summed E-state index contributed by atoms with van der Waals surface area (Å²) in [6.45, 7) is 0.714. The largest absolute Gasteiger partial charge is 0.496 e. The smallest absolute Gasteiger partial charge is 0.151 e. The van der Waals surface area contributed by atoms with Gasteiger partial charge in [-0.1, -0.05) is 11.6 Å². The second-order valence-corrected chi connectivity index (χ2v) is 6.14. The molecule has 0 unspecified atom stereocenters. The molecule has 0 radical (unpaired) electrons. The topological polar surface area (TPSA) is 39.1 Å². The van der Waals surface area contributed by atoms with Crippen LogP contribution < -0.4 is 10.1 Å². The van der Waals surface area contributed by atoms with Crippen LogP contribution in [0.3, 0.4) is 0 Å². The van der Waals surface area contributed by atoms with E-state index in [9.17, 15) is 8.78 Å². The van der Waals surface area contributed by atoms with E-state index in [-0.39, 0.29) is 5.69 Å². The van der Waals surface area contributed by atoms with Crippen molar-refractivity contribution in [3.63, 3.8) is 0 Å².